The molecule has 0 spiro atoms. The minimum absolute atomic E-state index is 0.0508. The van der Waals surface area contributed by atoms with E-state index in [0.717, 1.165) is 6.07 Å². The van der Waals surface area contributed by atoms with E-state index < -0.39 is 11.7 Å². The summed E-state index contributed by atoms with van der Waals surface area (Å²) in [6.07, 6.45) is -2.89. The van der Waals surface area contributed by atoms with E-state index in [0.29, 0.717) is 29.3 Å². The van der Waals surface area contributed by atoms with Crippen LogP contribution in [0.5, 0.6) is 0 Å². The van der Waals surface area contributed by atoms with Crippen molar-refractivity contribution in [3.63, 3.8) is 0 Å². The first-order chi connectivity index (χ1) is 10.8. The van der Waals surface area contributed by atoms with Gasteiger partial charge >= 0.3 is 6.18 Å². The molecule has 1 aliphatic rings. The molecule has 0 radical (unpaired) electrons. The summed E-state index contributed by atoms with van der Waals surface area (Å²) in [4.78, 5) is 10.3. The minimum atomic E-state index is -4.43. The number of rotatable bonds is 2. The van der Waals surface area contributed by atoms with E-state index in [1.807, 2.05) is 0 Å². The second-order valence-electron chi connectivity index (χ2n) is 5.01. The molecule has 4 nitrogen and oxygen atoms in total. The van der Waals surface area contributed by atoms with E-state index >= 15 is 0 Å². The molecule has 1 aliphatic heterocycles. The van der Waals surface area contributed by atoms with Crippen molar-refractivity contribution in [1.29, 1.82) is 0 Å². The second-order valence-corrected chi connectivity index (χ2v) is 6.26. The lowest BCUT2D eigenvalue weighted by atomic mass is 10.1. The molecular weight excluding hydrogens is 397 g/mol. The van der Waals surface area contributed by atoms with Gasteiger partial charge < -0.3 is 10.2 Å². The van der Waals surface area contributed by atoms with Crippen LogP contribution in [-0.2, 0) is 12.7 Å². The van der Waals surface area contributed by atoms with Gasteiger partial charge in [-0.2, -0.15) is 13.2 Å². The van der Waals surface area contributed by atoms with Crippen molar-refractivity contribution in [1.82, 2.24) is 9.97 Å². The van der Waals surface area contributed by atoms with Gasteiger partial charge in [0.1, 0.15) is 4.60 Å². The summed E-state index contributed by atoms with van der Waals surface area (Å²) in [6, 6.07) is 3.60. The van der Waals surface area contributed by atoms with E-state index in [9.17, 15) is 13.2 Å². The highest BCUT2D eigenvalue weighted by molar-refractivity contribution is 9.10. The first-order valence-corrected chi connectivity index (χ1v) is 7.88. The Morgan fingerprint density at radius 3 is 2.87 bits per heavy atom. The van der Waals surface area contributed by atoms with E-state index in [-0.39, 0.29) is 17.1 Å². The molecule has 0 fully saturated rings. The van der Waals surface area contributed by atoms with Crippen molar-refractivity contribution < 1.29 is 13.2 Å². The summed E-state index contributed by atoms with van der Waals surface area (Å²) in [5.74, 6) is 1.06. The molecule has 0 saturated carbocycles. The summed E-state index contributed by atoms with van der Waals surface area (Å²) in [5, 5.41) is 3.34. The second kappa shape index (κ2) is 6.16. The van der Waals surface area contributed by atoms with E-state index in [1.165, 1.54) is 18.3 Å². The fourth-order valence-corrected chi connectivity index (χ4v) is 2.91. The third kappa shape index (κ3) is 3.53. The molecule has 0 bridgehead atoms. The molecule has 1 aromatic heterocycles. The number of alkyl halides is 3. The predicted molar refractivity (Wildman–Crippen MR) is 85.7 cm³/mol. The number of nitrogens with zero attached hydrogens (tertiary/aromatic N) is 3. The van der Waals surface area contributed by atoms with E-state index in [4.69, 9.17) is 11.6 Å². The third-order valence-corrected chi connectivity index (χ3v) is 4.05. The average Bonchev–Trinajstić information content (AvgIpc) is 2.46. The van der Waals surface area contributed by atoms with Gasteiger partial charge in [0.15, 0.2) is 11.6 Å². The molecule has 23 heavy (non-hydrogen) atoms. The fraction of sp³-hybridized carbons (Fsp3) is 0.286. The molecular formula is C14H11BrClF3N4. The van der Waals surface area contributed by atoms with Crippen molar-refractivity contribution in [2.24, 2.45) is 0 Å². The topological polar surface area (TPSA) is 41.0 Å². The molecule has 0 unspecified atom stereocenters. The van der Waals surface area contributed by atoms with Crippen LogP contribution in [0, 0.1) is 0 Å². The van der Waals surface area contributed by atoms with Crippen LogP contribution in [0.25, 0.3) is 0 Å². The van der Waals surface area contributed by atoms with Crippen LogP contribution in [0.2, 0.25) is 5.02 Å². The Kier molecular flexibility index (Phi) is 4.37. The van der Waals surface area contributed by atoms with Crippen LogP contribution in [0.15, 0.2) is 29.0 Å². The molecule has 1 aromatic carbocycles. The van der Waals surface area contributed by atoms with Crippen molar-refractivity contribution in [3.05, 3.63) is 45.1 Å². The van der Waals surface area contributed by atoms with E-state index in [1.54, 1.807) is 4.90 Å². The molecule has 0 amide bonds. The van der Waals surface area contributed by atoms with Gasteiger partial charge in [-0.05, 0) is 39.7 Å². The van der Waals surface area contributed by atoms with Gasteiger partial charge in [-0.25, -0.2) is 9.97 Å². The molecule has 122 valence electrons. The Hall–Kier alpha value is -1.54. The fourth-order valence-electron chi connectivity index (χ4n) is 2.45. The Labute approximate surface area is 143 Å². The van der Waals surface area contributed by atoms with Crippen LogP contribution in [0.1, 0.15) is 11.1 Å². The quantitative estimate of drug-likeness (QED) is 0.804. The molecule has 0 aliphatic carbocycles. The number of halogens is 5. The first-order valence-electron chi connectivity index (χ1n) is 6.71. The number of hydrogen-bond donors (Lipinski definition) is 1. The maximum absolute atomic E-state index is 13.2. The van der Waals surface area contributed by atoms with Crippen molar-refractivity contribution in [2.45, 2.75) is 12.7 Å². The highest BCUT2D eigenvalue weighted by Gasteiger charge is 2.34. The third-order valence-electron chi connectivity index (χ3n) is 3.43. The van der Waals surface area contributed by atoms with Gasteiger partial charge in [0.05, 0.1) is 11.8 Å². The number of nitrogens with one attached hydrogen (secondary N) is 1. The largest absolute Gasteiger partial charge is 0.416 e. The molecule has 2 heterocycles. The summed E-state index contributed by atoms with van der Waals surface area (Å²) < 4.78 is 40.1. The zero-order chi connectivity index (χ0) is 16.6. The maximum atomic E-state index is 13.2. The maximum Gasteiger partial charge on any atom is 0.416 e. The van der Waals surface area contributed by atoms with Crippen LogP contribution in [0.3, 0.4) is 0 Å². The Morgan fingerprint density at radius 1 is 1.35 bits per heavy atom. The predicted octanol–water partition coefficient (Wildman–Crippen LogP) is 4.34. The smallest absolute Gasteiger partial charge is 0.365 e. The minimum Gasteiger partial charge on any atom is -0.365 e. The molecule has 9 heteroatoms. The lowest BCUT2D eigenvalue weighted by Gasteiger charge is -2.31. The summed E-state index contributed by atoms with van der Waals surface area (Å²) in [6.45, 7) is 1.14. The van der Waals surface area contributed by atoms with E-state index in [2.05, 4.69) is 31.2 Å². The zero-order valence-corrected chi connectivity index (χ0v) is 14.0. The molecule has 1 N–H and O–H groups in total. The summed E-state index contributed by atoms with van der Waals surface area (Å²) in [5.41, 5.74) is -0.579. The lowest BCUT2D eigenvalue weighted by molar-refractivity contribution is -0.138. The monoisotopic (exact) mass is 406 g/mol. The molecule has 2 aromatic rings. The van der Waals surface area contributed by atoms with Gasteiger partial charge in [-0.15, -0.1) is 0 Å². The number of fused-ring (bicyclic) bond motifs is 1. The summed E-state index contributed by atoms with van der Waals surface area (Å²) >= 11 is 9.11. The Bertz CT molecular complexity index is 738. The first kappa shape index (κ1) is 16.3. The van der Waals surface area contributed by atoms with Crippen LogP contribution in [0.4, 0.5) is 24.8 Å². The van der Waals surface area contributed by atoms with Crippen molar-refractivity contribution >= 4 is 39.2 Å². The molecule has 3 rings (SSSR count). The number of anilines is 2. The SMILES string of the molecule is FC(F)(F)c1ccc(Cl)cc1CN1CCNc2ncc(Br)nc21. The summed E-state index contributed by atoms with van der Waals surface area (Å²) in [7, 11) is 0. The number of hydrogen-bond acceptors (Lipinski definition) is 4. The van der Waals surface area contributed by atoms with Gasteiger partial charge in [0.25, 0.3) is 0 Å². The van der Waals surface area contributed by atoms with Crippen LogP contribution in [-0.4, -0.2) is 23.1 Å². The van der Waals surface area contributed by atoms with Gasteiger partial charge in [0, 0.05) is 24.7 Å². The molecule has 0 saturated heterocycles. The highest BCUT2D eigenvalue weighted by atomic mass is 79.9. The number of benzene rings is 1. The average molecular weight is 408 g/mol. The molecule has 0 atom stereocenters. The standard InChI is InChI=1S/C14H11BrClF3N4/c15-11-6-21-12-13(22-11)23(4-3-20-12)7-8-5-9(16)1-2-10(8)14(17,18)19/h1-2,5-6H,3-4,7H2,(H,20,21). The van der Waals surface area contributed by atoms with Gasteiger partial charge in [0.2, 0.25) is 0 Å². The lowest BCUT2D eigenvalue weighted by Crippen LogP contribution is -2.35. The Balaban J connectivity index is 1.98. The van der Waals surface area contributed by atoms with Crippen LogP contribution < -0.4 is 10.2 Å². The Morgan fingerprint density at radius 2 is 2.13 bits per heavy atom. The van der Waals surface area contributed by atoms with Crippen molar-refractivity contribution in [2.75, 3.05) is 23.3 Å². The highest BCUT2D eigenvalue weighted by Crippen LogP contribution is 2.35. The zero-order valence-electron chi connectivity index (χ0n) is 11.7. The normalized spacial score (nSPS) is 14.4. The van der Waals surface area contributed by atoms with Gasteiger partial charge in [-0.3, -0.25) is 0 Å². The van der Waals surface area contributed by atoms with Gasteiger partial charge in [-0.1, -0.05) is 11.6 Å². The van der Waals surface area contributed by atoms with Crippen LogP contribution >= 0.6 is 27.5 Å². The van der Waals surface area contributed by atoms with Crippen molar-refractivity contribution in [3.8, 4) is 0 Å². The number of aromatic nitrogens is 2.